The van der Waals surface area contributed by atoms with Gasteiger partial charge in [0.25, 0.3) is 0 Å². The molecule has 0 aliphatic heterocycles. The van der Waals surface area contributed by atoms with Crippen LogP contribution in [0.4, 0.5) is 17.3 Å². The molecule has 0 bridgehead atoms. The van der Waals surface area contributed by atoms with E-state index < -0.39 is 7.25 Å². The molecule has 0 fully saturated rings. The summed E-state index contributed by atoms with van der Waals surface area (Å²) in [4.78, 5) is 0. The summed E-state index contributed by atoms with van der Waals surface area (Å²) >= 11 is 6.22. The number of allylic oxidation sites excluding steroid dienone is 1. The van der Waals surface area contributed by atoms with Gasteiger partial charge in [0.2, 0.25) is 0 Å². The lowest BCUT2D eigenvalue weighted by molar-refractivity contribution is -0.557. The Hall–Kier alpha value is -0.235. The fraction of sp³-hybridized carbons (Fsp3) is 0.500. The third kappa shape index (κ3) is 19.7. The van der Waals surface area contributed by atoms with Gasteiger partial charge in [-0.05, 0) is 25.0 Å². The van der Waals surface area contributed by atoms with Crippen LogP contribution in [0.25, 0.3) is 0 Å². The normalized spacial score (nSPS) is 11.8. The van der Waals surface area contributed by atoms with Crippen molar-refractivity contribution in [1.82, 2.24) is 0 Å². The molecule has 0 heterocycles. The lowest BCUT2D eigenvalue weighted by atomic mass is 10.1. The fourth-order valence-electron chi connectivity index (χ4n) is 1.74. The van der Waals surface area contributed by atoms with Crippen molar-refractivity contribution in [2.24, 2.45) is 0 Å². The highest BCUT2D eigenvalue weighted by atomic mass is 127. The molecule has 132 valence electrons. The van der Waals surface area contributed by atoms with E-state index in [1.807, 2.05) is 0 Å². The van der Waals surface area contributed by atoms with Gasteiger partial charge in [0.1, 0.15) is 0 Å². The van der Waals surface area contributed by atoms with E-state index in [4.69, 9.17) is 11.6 Å². The first-order valence-corrected chi connectivity index (χ1v) is 10.4. The lowest BCUT2D eigenvalue weighted by Crippen LogP contribution is -3.59. The largest absolute Gasteiger partial charge is 0.673 e. The van der Waals surface area contributed by atoms with E-state index in [9.17, 15) is 17.3 Å². The van der Waals surface area contributed by atoms with Gasteiger partial charge < -0.3 is 17.3 Å². The zero-order chi connectivity index (χ0) is 17.6. The molecule has 0 radical (unpaired) electrons. The summed E-state index contributed by atoms with van der Waals surface area (Å²) < 4.78 is 42.7. The molecule has 7 heteroatoms. The molecular formula is C16H23BClF4I. The molecular weight excluding hydrogens is 441 g/mol. The molecule has 0 atom stereocenters. The Morgan fingerprint density at radius 1 is 1.00 bits per heavy atom. The summed E-state index contributed by atoms with van der Waals surface area (Å²) in [5, 5.41) is 1.07. The topological polar surface area (TPSA) is 0 Å². The second-order valence-corrected chi connectivity index (χ2v) is 7.95. The highest BCUT2D eigenvalue weighted by Crippen LogP contribution is 2.13. The molecule has 0 nitrogen and oxygen atoms in total. The van der Waals surface area contributed by atoms with Gasteiger partial charge in [-0.1, -0.05) is 68.8 Å². The summed E-state index contributed by atoms with van der Waals surface area (Å²) in [7, 11) is -6.00. The van der Waals surface area contributed by atoms with Crippen LogP contribution in [0.2, 0.25) is 0 Å². The van der Waals surface area contributed by atoms with E-state index >= 15 is 0 Å². The lowest BCUT2D eigenvalue weighted by Gasteiger charge is -1.98. The van der Waals surface area contributed by atoms with E-state index in [0.29, 0.717) is 0 Å². The van der Waals surface area contributed by atoms with Crippen LogP contribution in [0.1, 0.15) is 51.9 Å². The second-order valence-electron chi connectivity index (χ2n) is 4.97. The number of halogens is 6. The van der Waals surface area contributed by atoms with Crippen LogP contribution in [0.3, 0.4) is 0 Å². The van der Waals surface area contributed by atoms with Crippen molar-refractivity contribution >= 4 is 18.9 Å². The van der Waals surface area contributed by atoms with Gasteiger partial charge in [0.05, 0.1) is 5.03 Å². The first kappa shape index (κ1) is 22.8. The average molecular weight is 465 g/mol. The van der Waals surface area contributed by atoms with Crippen molar-refractivity contribution in [2.75, 3.05) is 0 Å². The molecule has 0 N–H and O–H groups in total. The van der Waals surface area contributed by atoms with Gasteiger partial charge in [-0.25, -0.2) is 0 Å². The van der Waals surface area contributed by atoms with Crippen molar-refractivity contribution in [3.05, 3.63) is 43.0 Å². The molecule has 0 aromatic heterocycles. The molecule has 0 saturated carbocycles. The molecule has 0 aliphatic carbocycles. The molecule has 0 aliphatic rings. The third-order valence-corrected chi connectivity index (χ3v) is 5.97. The summed E-state index contributed by atoms with van der Waals surface area (Å²) in [6.07, 6.45) is 9.09. The molecule has 0 spiro atoms. The van der Waals surface area contributed by atoms with E-state index in [2.05, 4.69) is 41.3 Å². The van der Waals surface area contributed by atoms with E-state index in [1.165, 1.54) is 42.1 Å². The predicted octanol–water partition coefficient (Wildman–Crippen LogP) is 4.08. The van der Waals surface area contributed by atoms with E-state index in [0.717, 1.165) is 11.5 Å². The van der Waals surface area contributed by atoms with Crippen molar-refractivity contribution < 1.29 is 38.5 Å². The van der Waals surface area contributed by atoms with Gasteiger partial charge in [-0.15, -0.1) is 0 Å². The maximum absolute atomic E-state index is 9.75. The van der Waals surface area contributed by atoms with Crippen molar-refractivity contribution in [3.8, 4) is 0 Å². The minimum atomic E-state index is -6.00. The second kappa shape index (κ2) is 14.1. The van der Waals surface area contributed by atoms with E-state index in [-0.39, 0.29) is 21.2 Å². The number of unbranched alkanes of at least 4 members (excludes halogenated alkanes) is 5. The number of rotatable bonds is 9. The zero-order valence-electron chi connectivity index (χ0n) is 13.3. The van der Waals surface area contributed by atoms with Crippen LogP contribution in [-0.4, -0.2) is 7.25 Å². The monoisotopic (exact) mass is 464 g/mol. The third-order valence-electron chi connectivity index (χ3n) is 2.80. The predicted molar refractivity (Wildman–Crippen MR) is 87.3 cm³/mol. The standard InChI is InChI=1S/C16H23ClI.BF4/c1-2-3-4-5-6-8-11-15(17)14-18-16-12-9-7-10-13-16;2-1(3,4)5/h7,9-10,12-14H,2-6,8,11H2,1H3;/q+1;-1/b15-14-;. The Morgan fingerprint density at radius 2 is 1.52 bits per heavy atom. The smallest absolute Gasteiger partial charge is 0.418 e. The average Bonchev–Trinajstić information content (AvgIpc) is 2.48. The summed E-state index contributed by atoms with van der Waals surface area (Å²) in [6, 6.07) is 10.7. The Labute approximate surface area is 152 Å². The fourth-order valence-corrected chi connectivity index (χ4v) is 3.99. The molecule has 0 amide bonds. The number of hydrogen-bond donors (Lipinski definition) is 0. The quantitative estimate of drug-likeness (QED) is 0.224. The molecule has 1 aromatic rings. The molecule has 1 rings (SSSR count). The minimum absolute atomic E-state index is 0.0395. The highest BCUT2D eigenvalue weighted by Gasteiger charge is 2.20. The Bertz CT molecular complexity index is 418. The number of hydrogen-bond acceptors (Lipinski definition) is 0. The van der Waals surface area contributed by atoms with Gasteiger partial charge in [0.15, 0.2) is 7.65 Å². The molecule has 1 aromatic carbocycles. The van der Waals surface area contributed by atoms with Gasteiger partial charge in [-0.2, -0.15) is 0 Å². The maximum Gasteiger partial charge on any atom is 0.673 e. The van der Waals surface area contributed by atoms with E-state index in [1.54, 1.807) is 0 Å². The summed E-state index contributed by atoms with van der Waals surface area (Å²) in [5.41, 5.74) is 0. The maximum atomic E-state index is 9.75. The van der Waals surface area contributed by atoms with Crippen LogP contribution in [0, 0.1) is 3.57 Å². The Balaban J connectivity index is 0.000000841. The number of benzene rings is 1. The highest BCUT2D eigenvalue weighted by molar-refractivity contribution is 6.50. The van der Waals surface area contributed by atoms with Crippen molar-refractivity contribution in [2.45, 2.75) is 51.9 Å². The minimum Gasteiger partial charge on any atom is -0.418 e. The molecule has 0 saturated heterocycles. The van der Waals surface area contributed by atoms with Gasteiger partial charge in [-0.3, -0.25) is 0 Å². The zero-order valence-corrected chi connectivity index (χ0v) is 16.2. The Kier molecular flexibility index (Phi) is 14.0. The summed E-state index contributed by atoms with van der Waals surface area (Å²) in [6.45, 7) is 2.26. The van der Waals surface area contributed by atoms with Crippen LogP contribution in [-0.2, 0) is 0 Å². The molecule has 23 heavy (non-hydrogen) atoms. The van der Waals surface area contributed by atoms with Gasteiger partial charge >= 0.3 is 28.5 Å². The van der Waals surface area contributed by atoms with Gasteiger partial charge in [0, 0.05) is 0 Å². The Morgan fingerprint density at radius 3 is 2.09 bits per heavy atom. The first-order chi connectivity index (χ1) is 10.8. The van der Waals surface area contributed by atoms with Crippen LogP contribution in [0.15, 0.2) is 39.4 Å². The molecule has 0 unspecified atom stereocenters. The SMILES string of the molecule is CCCCCCCC/C(Cl)=C/[I+]c1ccccc1.F[B-](F)(F)F. The van der Waals surface area contributed by atoms with Crippen LogP contribution >= 0.6 is 11.6 Å². The first-order valence-electron chi connectivity index (χ1n) is 7.73. The van der Waals surface area contributed by atoms with Crippen LogP contribution in [0.5, 0.6) is 0 Å². The summed E-state index contributed by atoms with van der Waals surface area (Å²) in [5.74, 6) is 0. The van der Waals surface area contributed by atoms with Crippen molar-refractivity contribution in [3.63, 3.8) is 0 Å². The van der Waals surface area contributed by atoms with Crippen molar-refractivity contribution in [1.29, 1.82) is 0 Å². The van der Waals surface area contributed by atoms with Crippen LogP contribution < -0.4 is 21.2 Å².